The highest BCUT2D eigenvalue weighted by atomic mass is 16.3. The van der Waals surface area contributed by atoms with Gasteiger partial charge in [0.1, 0.15) is 0 Å². The van der Waals surface area contributed by atoms with E-state index >= 15 is 0 Å². The molecule has 0 radical (unpaired) electrons. The molecule has 0 aliphatic carbocycles. The molecule has 0 saturated carbocycles. The van der Waals surface area contributed by atoms with E-state index in [4.69, 9.17) is 5.11 Å². The quantitative estimate of drug-likeness (QED) is 0.639. The molecule has 0 amide bonds. The maximum absolute atomic E-state index is 9.15. The van der Waals surface area contributed by atoms with E-state index in [0.717, 1.165) is 13.1 Å². The normalized spacial score (nSPS) is 15.0. The highest BCUT2D eigenvalue weighted by molar-refractivity contribution is 4.79. The third-order valence-corrected chi connectivity index (χ3v) is 2.56. The van der Waals surface area contributed by atoms with Gasteiger partial charge in [0.05, 0.1) is 6.61 Å². The Kier molecular flexibility index (Phi) is 5.53. The second kappa shape index (κ2) is 5.58. The van der Waals surface area contributed by atoms with Crippen LogP contribution in [0.5, 0.6) is 0 Å². The molecule has 0 aromatic rings. The third kappa shape index (κ3) is 4.60. The topological polar surface area (TPSA) is 35.5 Å². The molecule has 0 rings (SSSR count). The van der Waals surface area contributed by atoms with Gasteiger partial charge in [0, 0.05) is 12.1 Å². The standard InChI is InChI=1S/C10H24N2O/c1-9(6-11-4)7-12(5)10(2,3)8-13/h9,11,13H,6-8H2,1-5H3. The number of rotatable bonds is 6. The first-order chi connectivity index (χ1) is 5.94. The highest BCUT2D eigenvalue weighted by Gasteiger charge is 2.23. The third-order valence-electron chi connectivity index (χ3n) is 2.56. The summed E-state index contributed by atoms with van der Waals surface area (Å²) in [6.45, 7) is 8.55. The lowest BCUT2D eigenvalue weighted by Crippen LogP contribution is -2.46. The Balaban J connectivity index is 3.91. The van der Waals surface area contributed by atoms with Gasteiger partial charge in [-0.25, -0.2) is 0 Å². The number of hydrogen-bond acceptors (Lipinski definition) is 3. The molecule has 0 aromatic heterocycles. The van der Waals surface area contributed by atoms with Crippen molar-refractivity contribution >= 4 is 0 Å². The fourth-order valence-electron chi connectivity index (χ4n) is 1.25. The van der Waals surface area contributed by atoms with Crippen LogP contribution in [0, 0.1) is 5.92 Å². The van der Waals surface area contributed by atoms with Crippen LogP contribution in [-0.2, 0) is 0 Å². The molecular weight excluding hydrogens is 164 g/mol. The second-order valence-electron chi connectivity index (χ2n) is 4.51. The van der Waals surface area contributed by atoms with Crippen molar-refractivity contribution in [2.24, 2.45) is 5.92 Å². The predicted octanol–water partition coefficient (Wildman–Crippen LogP) is 0.545. The van der Waals surface area contributed by atoms with Crippen LogP contribution in [0.1, 0.15) is 20.8 Å². The first kappa shape index (κ1) is 12.9. The molecule has 1 unspecified atom stereocenters. The summed E-state index contributed by atoms with van der Waals surface area (Å²) in [6.07, 6.45) is 0. The number of aliphatic hydroxyl groups excluding tert-OH is 1. The first-order valence-corrected chi connectivity index (χ1v) is 4.90. The summed E-state index contributed by atoms with van der Waals surface area (Å²) in [5.74, 6) is 0.612. The largest absolute Gasteiger partial charge is 0.394 e. The fraction of sp³-hybridized carbons (Fsp3) is 1.00. The minimum atomic E-state index is -0.109. The predicted molar refractivity (Wildman–Crippen MR) is 56.9 cm³/mol. The molecule has 0 aliphatic heterocycles. The van der Waals surface area contributed by atoms with E-state index in [1.807, 2.05) is 7.05 Å². The average molecular weight is 188 g/mol. The van der Waals surface area contributed by atoms with Crippen LogP contribution in [0.15, 0.2) is 0 Å². The summed E-state index contributed by atoms with van der Waals surface area (Å²) in [7, 11) is 4.02. The molecule has 0 spiro atoms. The van der Waals surface area contributed by atoms with Crippen LogP contribution in [0.4, 0.5) is 0 Å². The van der Waals surface area contributed by atoms with Gasteiger partial charge in [-0.2, -0.15) is 0 Å². The smallest absolute Gasteiger partial charge is 0.0609 e. The number of nitrogens with one attached hydrogen (secondary N) is 1. The van der Waals surface area contributed by atoms with Gasteiger partial charge in [-0.05, 0) is 40.4 Å². The van der Waals surface area contributed by atoms with E-state index in [1.165, 1.54) is 0 Å². The zero-order chi connectivity index (χ0) is 10.5. The molecule has 0 bridgehead atoms. The Hall–Kier alpha value is -0.120. The summed E-state index contributed by atoms with van der Waals surface area (Å²) in [4.78, 5) is 2.20. The summed E-state index contributed by atoms with van der Waals surface area (Å²) in [5.41, 5.74) is -0.109. The lowest BCUT2D eigenvalue weighted by molar-refractivity contribution is 0.0685. The maximum atomic E-state index is 9.15. The molecule has 13 heavy (non-hydrogen) atoms. The fourth-order valence-corrected chi connectivity index (χ4v) is 1.25. The van der Waals surface area contributed by atoms with E-state index < -0.39 is 0 Å². The molecule has 0 saturated heterocycles. The van der Waals surface area contributed by atoms with Gasteiger partial charge in [0.2, 0.25) is 0 Å². The SMILES string of the molecule is CNCC(C)CN(C)C(C)(C)CO. The monoisotopic (exact) mass is 188 g/mol. The number of aliphatic hydroxyl groups is 1. The summed E-state index contributed by atoms with van der Waals surface area (Å²) in [6, 6.07) is 0. The van der Waals surface area contributed by atoms with Crippen molar-refractivity contribution in [2.75, 3.05) is 33.8 Å². The Labute approximate surface area is 82.1 Å². The molecule has 0 heterocycles. The van der Waals surface area contributed by atoms with Gasteiger partial charge >= 0.3 is 0 Å². The molecule has 0 aliphatic rings. The van der Waals surface area contributed by atoms with Gasteiger partial charge in [-0.3, -0.25) is 4.90 Å². The molecule has 1 atom stereocenters. The second-order valence-corrected chi connectivity index (χ2v) is 4.51. The highest BCUT2D eigenvalue weighted by Crippen LogP contribution is 2.12. The zero-order valence-electron chi connectivity index (χ0n) is 9.59. The Morgan fingerprint density at radius 1 is 1.46 bits per heavy atom. The molecule has 3 nitrogen and oxygen atoms in total. The van der Waals surface area contributed by atoms with Crippen molar-refractivity contribution in [2.45, 2.75) is 26.3 Å². The molecule has 3 heteroatoms. The molecule has 0 aromatic carbocycles. The van der Waals surface area contributed by atoms with Gasteiger partial charge in [-0.1, -0.05) is 6.92 Å². The summed E-state index contributed by atoms with van der Waals surface area (Å²) in [5, 5.41) is 12.3. The van der Waals surface area contributed by atoms with Crippen molar-refractivity contribution < 1.29 is 5.11 Å². The number of nitrogens with zero attached hydrogens (tertiary/aromatic N) is 1. The number of hydrogen-bond donors (Lipinski definition) is 2. The molecule has 2 N–H and O–H groups in total. The minimum absolute atomic E-state index is 0.109. The maximum Gasteiger partial charge on any atom is 0.0609 e. The van der Waals surface area contributed by atoms with Crippen molar-refractivity contribution in [1.29, 1.82) is 0 Å². The Morgan fingerprint density at radius 2 is 2.00 bits per heavy atom. The molecule has 80 valence electrons. The van der Waals surface area contributed by atoms with Crippen molar-refractivity contribution in [3.8, 4) is 0 Å². The van der Waals surface area contributed by atoms with Crippen LogP contribution in [-0.4, -0.2) is 49.3 Å². The van der Waals surface area contributed by atoms with Gasteiger partial charge < -0.3 is 10.4 Å². The summed E-state index contributed by atoms with van der Waals surface area (Å²) < 4.78 is 0. The molecule has 0 fully saturated rings. The van der Waals surface area contributed by atoms with Crippen molar-refractivity contribution in [3.05, 3.63) is 0 Å². The van der Waals surface area contributed by atoms with E-state index in [2.05, 4.69) is 38.0 Å². The average Bonchev–Trinajstić information content (AvgIpc) is 2.04. The first-order valence-electron chi connectivity index (χ1n) is 4.90. The van der Waals surface area contributed by atoms with Crippen molar-refractivity contribution in [3.63, 3.8) is 0 Å². The number of likely N-dealkylation sites (N-methyl/N-ethyl adjacent to an activating group) is 1. The van der Waals surface area contributed by atoms with E-state index in [0.29, 0.717) is 5.92 Å². The van der Waals surface area contributed by atoms with Crippen LogP contribution >= 0.6 is 0 Å². The Morgan fingerprint density at radius 3 is 2.38 bits per heavy atom. The molecular formula is C10H24N2O. The zero-order valence-corrected chi connectivity index (χ0v) is 9.59. The van der Waals surface area contributed by atoms with E-state index in [-0.39, 0.29) is 12.1 Å². The lowest BCUT2D eigenvalue weighted by atomic mass is 10.0. The van der Waals surface area contributed by atoms with Crippen LogP contribution in [0.3, 0.4) is 0 Å². The van der Waals surface area contributed by atoms with Gasteiger partial charge in [-0.15, -0.1) is 0 Å². The van der Waals surface area contributed by atoms with E-state index in [1.54, 1.807) is 0 Å². The minimum Gasteiger partial charge on any atom is -0.394 e. The van der Waals surface area contributed by atoms with Crippen LogP contribution in [0.25, 0.3) is 0 Å². The van der Waals surface area contributed by atoms with Gasteiger partial charge in [0.25, 0.3) is 0 Å². The lowest BCUT2D eigenvalue weighted by Gasteiger charge is -2.35. The van der Waals surface area contributed by atoms with Crippen molar-refractivity contribution in [1.82, 2.24) is 10.2 Å². The van der Waals surface area contributed by atoms with Gasteiger partial charge in [0.15, 0.2) is 0 Å². The van der Waals surface area contributed by atoms with Crippen LogP contribution in [0.2, 0.25) is 0 Å². The van der Waals surface area contributed by atoms with Crippen LogP contribution < -0.4 is 5.32 Å². The van der Waals surface area contributed by atoms with E-state index in [9.17, 15) is 0 Å². The Bertz CT molecular complexity index is 137. The summed E-state index contributed by atoms with van der Waals surface area (Å²) >= 11 is 0.